The quantitative estimate of drug-likeness (QED) is 0.907. The number of hydrogen-bond donors (Lipinski definition) is 2. The van der Waals surface area contributed by atoms with Crippen molar-refractivity contribution in [1.82, 2.24) is 14.9 Å². The zero-order chi connectivity index (χ0) is 14.4. The minimum absolute atomic E-state index is 0.0176. The number of pyridine rings is 1. The van der Waals surface area contributed by atoms with Gasteiger partial charge >= 0.3 is 0 Å². The third kappa shape index (κ3) is 2.51. The first-order valence-corrected chi connectivity index (χ1v) is 7.78. The molecule has 5 nitrogen and oxygen atoms in total. The molecule has 2 aromatic heterocycles. The smallest absolute Gasteiger partial charge is 0.272 e. The van der Waals surface area contributed by atoms with Crippen LogP contribution < -0.4 is 5.56 Å². The monoisotopic (exact) mass is 287 g/mol. The normalized spacial score (nSPS) is 23.8. The molecule has 1 aliphatic heterocycles. The van der Waals surface area contributed by atoms with Gasteiger partial charge in [0.15, 0.2) is 0 Å². The van der Waals surface area contributed by atoms with E-state index in [4.69, 9.17) is 4.74 Å². The molecule has 1 saturated heterocycles. The Hall–Kier alpha value is -1.59. The van der Waals surface area contributed by atoms with Crippen LogP contribution in [0.25, 0.3) is 10.9 Å². The maximum atomic E-state index is 12.0. The topological polar surface area (TPSA) is 61.1 Å². The van der Waals surface area contributed by atoms with Crippen molar-refractivity contribution in [2.45, 2.75) is 38.3 Å². The molecule has 3 heterocycles. The standard InChI is InChI=1S/C16H21N3O2/c1-10-8-19(4-5-21-10)9-12-6-13-14(11-2-3-11)7-17-16(20)15(13)18-12/h6-7,10-11,18H,2-5,8-9H2,1H3,(H,17,20)/t10-/m1/s1. The summed E-state index contributed by atoms with van der Waals surface area (Å²) in [5, 5.41) is 1.11. The number of nitrogens with one attached hydrogen (secondary N) is 2. The summed E-state index contributed by atoms with van der Waals surface area (Å²) in [4.78, 5) is 20.6. The molecular formula is C16H21N3O2. The van der Waals surface area contributed by atoms with Gasteiger partial charge in [-0.1, -0.05) is 0 Å². The van der Waals surface area contributed by atoms with Gasteiger partial charge in [0.05, 0.1) is 12.7 Å². The van der Waals surface area contributed by atoms with Gasteiger partial charge in [0, 0.05) is 36.9 Å². The number of nitrogens with zero attached hydrogens (tertiary/aromatic N) is 1. The molecule has 0 radical (unpaired) electrons. The molecule has 0 unspecified atom stereocenters. The highest BCUT2D eigenvalue weighted by Gasteiger charge is 2.27. The van der Waals surface area contributed by atoms with E-state index in [0.29, 0.717) is 5.92 Å². The van der Waals surface area contributed by atoms with Crippen molar-refractivity contribution in [3.8, 4) is 0 Å². The summed E-state index contributed by atoms with van der Waals surface area (Å²) in [6.45, 7) is 5.64. The highest BCUT2D eigenvalue weighted by molar-refractivity contribution is 5.83. The van der Waals surface area contributed by atoms with Crippen molar-refractivity contribution < 1.29 is 4.74 Å². The first-order chi connectivity index (χ1) is 10.2. The van der Waals surface area contributed by atoms with E-state index in [-0.39, 0.29) is 11.7 Å². The van der Waals surface area contributed by atoms with Gasteiger partial charge in [-0.25, -0.2) is 0 Å². The molecular weight excluding hydrogens is 266 g/mol. The van der Waals surface area contributed by atoms with Crippen LogP contribution in [0.15, 0.2) is 17.1 Å². The largest absolute Gasteiger partial charge is 0.376 e. The fraction of sp³-hybridized carbons (Fsp3) is 0.562. The van der Waals surface area contributed by atoms with E-state index in [9.17, 15) is 4.79 Å². The van der Waals surface area contributed by atoms with E-state index in [1.165, 1.54) is 18.4 Å². The van der Waals surface area contributed by atoms with E-state index >= 15 is 0 Å². The van der Waals surface area contributed by atoms with Crippen molar-refractivity contribution >= 4 is 10.9 Å². The van der Waals surface area contributed by atoms with Crippen LogP contribution in [-0.4, -0.2) is 40.7 Å². The molecule has 4 rings (SSSR count). The lowest BCUT2D eigenvalue weighted by molar-refractivity contribution is -0.0215. The molecule has 1 saturated carbocycles. The van der Waals surface area contributed by atoms with Gasteiger partial charge in [0.2, 0.25) is 0 Å². The number of hydrogen-bond acceptors (Lipinski definition) is 3. The molecule has 2 fully saturated rings. The molecule has 2 N–H and O–H groups in total. The SMILES string of the molecule is C[C@@H]1CN(Cc2cc3c(C4CC4)c[nH]c(=O)c3[nH]2)CCO1. The highest BCUT2D eigenvalue weighted by atomic mass is 16.5. The van der Waals surface area contributed by atoms with E-state index in [2.05, 4.69) is 27.9 Å². The van der Waals surface area contributed by atoms with Crippen LogP contribution in [0.5, 0.6) is 0 Å². The Labute approximate surface area is 123 Å². The number of ether oxygens (including phenoxy) is 1. The van der Waals surface area contributed by atoms with Crippen molar-refractivity contribution in [3.63, 3.8) is 0 Å². The fourth-order valence-electron chi connectivity index (χ4n) is 3.30. The number of fused-ring (bicyclic) bond motifs is 1. The van der Waals surface area contributed by atoms with Gasteiger partial charge in [-0.15, -0.1) is 0 Å². The van der Waals surface area contributed by atoms with Crippen LogP contribution in [0.2, 0.25) is 0 Å². The summed E-state index contributed by atoms with van der Waals surface area (Å²) < 4.78 is 5.58. The van der Waals surface area contributed by atoms with Crippen molar-refractivity contribution in [2.75, 3.05) is 19.7 Å². The summed E-state index contributed by atoms with van der Waals surface area (Å²) >= 11 is 0. The summed E-state index contributed by atoms with van der Waals surface area (Å²) in [6.07, 6.45) is 4.66. The van der Waals surface area contributed by atoms with Crippen LogP contribution in [-0.2, 0) is 11.3 Å². The molecule has 0 bridgehead atoms. The lowest BCUT2D eigenvalue weighted by Gasteiger charge is -2.30. The second kappa shape index (κ2) is 5.00. The van der Waals surface area contributed by atoms with Crippen molar-refractivity contribution in [2.24, 2.45) is 0 Å². The van der Waals surface area contributed by atoms with Crippen molar-refractivity contribution in [1.29, 1.82) is 0 Å². The molecule has 5 heteroatoms. The van der Waals surface area contributed by atoms with Crippen LogP contribution >= 0.6 is 0 Å². The van der Waals surface area contributed by atoms with Crippen LogP contribution in [0.1, 0.15) is 36.9 Å². The van der Waals surface area contributed by atoms with Crippen LogP contribution in [0.4, 0.5) is 0 Å². The van der Waals surface area contributed by atoms with E-state index in [0.717, 1.165) is 42.8 Å². The van der Waals surface area contributed by atoms with E-state index in [1.807, 2.05) is 6.20 Å². The minimum Gasteiger partial charge on any atom is -0.376 e. The Kier molecular flexibility index (Phi) is 3.12. The molecule has 0 spiro atoms. The first-order valence-electron chi connectivity index (χ1n) is 7.78. The third-order valence-corrected chi connectivity index (χ3v) is 4.51. The molecule has 112 valence electrons. The van der Waals surface area contributed by atoms with Gasteiger partial charge in [0.1, 0.15) is 5.52 Å². The Morgan fingerprint density at radius 1 is 1.43 bits per heavy atom. The lowest BCUT2D eigenvalue weighted by Crippen LogP contribution is -2.40. The molecule has 2 aliphatic rings. The summed E-state index contributed by atoms with van der Waals surface area (Å²) in [6, 6.07) is 2.17. The van der Waals surface area contributed by atoms with Gasteiger partial charge in [-0.05, 0) is 37.3 Å². The van der Waals surface area contributed by atoms with Gasteiger partial charge in [0.25, 0.3) is 5.56 Å². The van der Waals surface area contributed by atoms with Gasteiger partial charge < -0.3 is 14.7 Å². The molecule has 0 amide bonds. The van der Waals surface area contributed by atoms with Gasteiger partial charge in [-0.2, -0.15) is 0 Å². The molecule has 2 aromatic rings. The second-order valence-electron chi connectivity index (χ2n) is 6.35. The molecule has 0 aromatic carbocycles. The average Bonchev–Trinajstić information content (AvgIpc) is 3.20. The number of aromatic nitrogens is 2. The van der Waals surface area contributed by atoms with Crippen LogP contribution in [0, 0.1) is 0 Å². The van der Waals surface area contributed by atoms with Crippen LogP contribution in [0.3, 0.4) is 0 Å². The zero-order valence-electron chi connectivity index (χ0n) is 12.3. The maximum Gasteiger partial charge on any atom is 0.272 e. The summed E-state index contributed by atoms with van der Waals surface area (Å²) in [5.74, 6) is 0.636. The fourth-order valence-corrected chi connectivity index (χ4v) is 3.30. The zero-order valence-corrected chi connectivity index (χ0v) is 12.3. The Balaban J connectivity index is 1.65. The minimum atomic E-state index is -0.0176. The number of H-pyrrole nitrogens is 2. The Morgan fingerprint density at radius 2 is 2.29 bits per heavy atom. The molecule has 1 atom stereocenters. The summed E-state index contributed by atoms with van der Waals surface area (Å²) in [5.41, 5.74) is 3.13. The average molecular weight is 287 g/mol. The second-order valence-corrected chi connectivity index (χ2v) is 6.35. The predicted octanol–water partition coefficient (Wildman–Crippen LogP) is 1.95. The number of rotatable bonds is 3. The highest BCUT2D eigenvalue weighted by Crippen LogP contribution is 2.42. The molecule has 1 aliphatic carbocycles. The lowest BCUT2D eigenvalue weighted by atomic mass is 10.1. The van der Waals surface area contributed by atoms with Crippen molar-refractivity contribution in [3.05, 3.63) is 33.9 Å². The van der Waals surface area contributed by atoms with E-state index < -0.39 is 0 Å². The third-order valence-electron chi connectivity index (χ3n) is 4.51. The first kappa shape index (κ1) is 13.1. The Morgan fingerprint density at radius 3 is 3.05 bits per heavy atom. The van der Waals surface area contributed by atoms with Gasteiger partial charge in [-0.3, -0.25) is 9.69 Å². The number of morpholine rings is 1. The maximum absolute atomic E-state index is 12.0. The predicted molar refractivity (Wildman–Crippen MR) is 81.6 cm³/mol. The molecule has 21 heavy (non-hydrogen) atoms. The number of aromatic amines is 2. The Bertz CT molecular complexity index is 714. The summed E-state index contributed by atoms with van der Waals surface area (Å²) in [7, 11) is 0. The van der Waals surface area contributed by atoms with E-state index in [1.54, 1.807) is 0 Å².